The van der Waals surface area contributed by atoms with Crippen LogP contribution in [0.2, 0.25) is 0 Å². The first kappa shape index (κ1) is 14.7. The zero-order valence-corrected chi connectivity index (χ0v) is 11.3. The van der Waals surface area contributed by atoms with Crippen molar-refractivity contribution < 1.29 is 9.53 Å². The second-order valence-electron chi connectivity index (χ2n) is 4.64. The van der Waals surface area contributed by atoms with Crippen LogP contribution in [0.25, 0.3) is 0 Å². The molecular formula is C16H23O2. The second-order valence-corrected chi connectivity index (χ2v) is 4.64. The summed E-state index contributed by atoms with van der Waals surface area (Å²) in [6, 6.07) is 7.24. The summed E-state index contributed by atoms with van der Waals surface area (Å²) in [7, 11) is 0. The maximum atomic E-state index is 11.5. The summed E-state index contributed by atoms with van der Waals surface area (Å²) in [5, 5.41) is 0. The summed E-state index contributed by atoms with van der Waals surface area (Å²) in [4.78, 5) is 11.5. The molecule has 1 rings (SSSR count). The van der Waals surface area contributed by atoms with Gasteiger partial charge < -0.3 is 4.74 Å². The highest BCUT2D eigenvalue weighted by Gasteiger charge is 2.04. The zero-order valence-electron chi connectivity index (χ0n) is 11.3. The molecule has 0 aromatic heterocycles. The smallest absolute Gasteiger partial charge is 0.311 e. The zero-order chi connectivity index (χ0) is 13.2. The third-order valence-electron chi connectivity index (χ3n) is 2.89. The third-order valence-corrected chi connectivity index (χ3v) is 2.89. The average molecular weight is 247 g/mol. The van der Waals surface area contributed by atoms with Crippen LogP contribution in [0.15, 0.2) is 24.3 Å². The van der Waals surface area contributed by atoms with Crippen molar-refractivity contribution in [3.8, 4) is 5.75 Å². The van der Waals surface area contributed by atoms with Gasteiger partial charge in [0, 0.05) is 6.42 Å². The van der Waals surface area contributed by atoms with Gasteiger partial charge in [0.05, 0.1) is 0 Å². The highest BCUT2D eigenvalue weighted by atomic mass is 16.5. The van der Waals surface area contributed by atoms with Crippen LogP contribution < -0.4 is 4.74 Å². The van der Waals surface area contributed by atoms with Crippen molar-refractivity contribution in [2.75, 3.05) is 0 Å². The lowest BCUT2D eigenvalue weighted by Gasteiger charge is -2.04. The van der Waals surface area contributed by atoms with E-state index in [0.717, 1.165) is 18.4 Å². The number of ether oxygens (including phenoxy) is 1. The van der Waals surface area contributed by atoms with Gasteiger partial charge >= 0.3 is 5.97 Å². The number of unbranched alkanes of at least 4 members (excludes halogenated alkanes) is 5. The molecule has 18 heavy (non-hydrogen) atoms. The lowest BCUT2D eigenvalue weighted by Crippen LogP contribution is -2.07. The van der Waals surface area contributed by atoms with Crippen LogP contribution >= 0.6 is 0 Å². The summed E-state index contributed by atoms with van der Waals surface area (Å²) >= 11 is 0. The van der Waals surface area contributed by atoms with Crippen LogP contribution in [-0.4, -0.2) is 5.97 Å². The Bertz CT molecular complexity index is 341. The quantitative estimate of drug-likeness (QED) is 0.383. The molecule has 0 N–H and O–H groups in total. The van der Waals surface area contributed by atoms with Crippen LogP contribution in [0.5, 0.6) is 5.75 Å². The first-order valence-electron chi connectivity index (χ1n) is 6.85. The number of carbonyl (C=O) groups is 1. The number of hydrogen-bond donors (Lipinski definition) is 0. The lowest BCUT2D eigenvalue weighted by molar-refractivity contribution is -0.134. The predicted octanol–water partition coefficient (Wildman–Crippen LogP) is 4.52. The maximum Gasteiger partial charge on any atom is 0.311 e. The molecule has 1 radical (unpaired) electrons. The van der Waals surface area contributed by atoms with E-state index >= 15 is 0 Å². The molecule has 0 amide bonds. The van der Waals surface area contributed by atoms with Gasteiger partial charge in [-0.2, -0.15) is 0 Å². The van der Waals surface area contributed by atoms with E-state index in [2.05, 4.69) is 13.8 Å². The largest absolute Gasteiger partial charge is 0.427 e. The molecule has 0 atom stereocenters. The molecule has 0 heterocycles. The molecule has 2 heteroatoms. The van der Waals surface area contributed by atoms with Crippen molar-refractivity contribution >= 4 is 5.97 Å². The number of esters is 1. The molecule has 0 aliphatic carbocycles. The summed E-state index contributed by atoms with van der Waals surface area (Å²) in [6.45, 7) is 5.99. The van der Waals surface area contributed by atoms with Crippen LogP contribution in [0.3, 0.4) is 0 Å². The summed E-state index contributed by atoms with van der Waals surface area (Å²) < 4.78 is 5.23. The van der Waals surface area contributed by atoms with Crippen LogP contribution in [-0.2, 0) is 4.79 Å². The average Bonchev–Trinajstić information content (AvgIpc) is 2.36. The molecule has 0 spiro atoms. The van der Waals surface area contributed by atoms with Crippen molar-refractivity contribution in [1.29, 1.82) is 0 Å². The molecule has 0 saturated heterocycles. The van der Waals surface area contributed by atoms with E-state index in [1.165, 1.54) is 25.7 Å². The number of benzene rings is 1. The highest BCUT2D eigenvalue weighted by molar-refractivity contribution is 5.72. The van der Waals surface area contributed by atoms with Gasteiger partial charge in [-0.3, -0.25) is 4.79 Å². The van der Waals surface area contributed by atoms with Gasteiger partial charge in [-0.05, 0) is 31.0 Å². The van der Waals surface area contributed by atoms with Crippen molar-refractivity contribution in [3.63, 3.8) is 0 Å². The first-order chi connectivity index (χ1) is 8.72. The SMILES string of the molecule is [CH2]c1ccc(OC(=O)CCCCCCCC)cc1. The Morgan fingerprint density at radius 2 is 1.67 bits per heavy atom. The Balaban J connectivity index is 2.12. The van der Waals surface area contributed by atoms with Crippen molar-refractivity contribution in [1.82, 2.24) is 0 Å². The van der Waals surface area contributed by atoms with Gasteiger partial charge in [0.2, 0.25) is 0 Å². The molecule has 1 aromatic rings. The standard InChI is InChI=1S/C16H23O2/c1-3-4-5-6-7-8-9-16(17)18-15-12-10-14(2)11-13-15/h10-13H,2-9H2,1H3. The molecule has 2 nitrogen and oxygen atoms in total. The van der Waals surface area contributed by atoms with Crippen molar-refractivity contribution in [2.24, 2.45) is 0 Å². The monoisotopic (exact) mass is 247 g/mol. The molecule has 1 aromatic carbocycles. The minimum absolute atomic E-state index is 0.137. The van der Waals surface area contributed by atoms with Gasteiger partial charge in [-0.15, -0.1) is 0 Å². The van der Waals surface area contributed by atoms with E-state index in [0.29, 0.717) is 12.2 Å². The lowest BCUT2D eigenvalue weighted by atomic mass is 10.1. The van der Waals surface area contributed by atoms with E-state index in [1.54, 1.807) is 12.1 Å². The highest BCUT2D eigenvalue weighted by Crippen LogP contribution is 2.13. The Morgan fingerprint density at radius 1 is 1.06 bits per heavy atom. The Labute approximate surface area is 110 Å². The van der Waals surface area contributed by atoms with Gasteiger partial charge in [-0.1, -0.05) is 51.2 Å². The summed E-state index contributed by atoms with van der Waals surface area (Å²) in [5.41, 5.74) is 0.922. The van der Waals surface area contributed by atoms with Gasteiger partial charge in [0.15, 0.2) is 0 Å². The minimum atomic E-state index is -0.137. The van der Waals surface area contributed by atoms with Gasteiger partial charge in [0.1, 0.15) is 5.75 Å². The van der Waals surface area contributed by atoms with Crippen LogP contribution in [0.4, 0.5) is 0 Å². The molecule has 0 aliphatic rings. The fourth-order valence-electron chi connectivity index (χ4n) is 1.79. The molecule has 0 fully saturated rings. The Hall–Kier alpha value is -1.31. The first-order valence-corrected chi connectivity index (χ1v) is 6.85. The van der Waals surface area contributed by atoms with Gasteiger partial charge in [0.25, 0.3) is 0 Å². The van der Waals surface area contributed by atoms with Crippen LogP contribution in [0.1, 0.15) is 57.4 Å². The predicted molar refractivity (Wildman–Crippen MR) is 74.5 cm³/mol. The van der Waals surface area contributed by atoms with Crippen molar-refractivity contribution in [2.45, 2.75) is 51.9 Å². The molecule has 0 aliphatic heterocycles. The van der Waals surface area contributed by atoms with E-state index in [1.807, 2.05) is 12.1 Å². The molecule has 0 unspecified atom stereocenters. The molecule has 0 bridgehead atoms. The third kappa shape index (κ3) is 6.43. The van der Waals surface area contributed by atoms with E-state index in [-0.39, 0.29) is 5.97 Å². The topological polar surface area (TPSA) is 26.3 Å². The molecule has 99 valence electrons. The van der Waals surface area contributed by atoms with E-state index in [4.69, 9.17) is 4.74 Å². The fraction of sp³-hybridized carbons (Fsp3) is 0.500. The van der Waals surface area contributed by atoms with E-state index < -0.39 is 0 Å². The number of carbonyl (C=O) groups excluding carboxylic acids is 1. The van der Waals surface area contributed by atoms with Gasteiger partial charge in [-0.25, -0.2) is 0 Å². The normalized spacial score (nSPS) is 10.3. The number of hydrogen-bond acceptors (Lipinski definition) is 2. The molecule has 0 saturated carbocycles. The fourth-order valence-corrected chi connectivity index (χ4v) is 1.79. The maximum absolute atomic E-state index is 11.5. The summed E-state index contributed by atoms with van der Waals surface area (Å²) in [6.07, 6.45) is 7.60. The molecular weight excluding hydrogens is 224 g/mol. The van der Waals surface area contributed by atoms with Crippen LogP contribution in [0, 0.1) is 6.92 Å². The Morgan fingerprint density at radius 3 is 2.33 bits per heavy atom. The minimum Gasteiger partial charge on any atom is -0.427 e. The number of rotatable bonds is 8. The van der Waals surface area contributed by atoms with E-state index in [9.17, 15) is 4.79 Å². The second kappa shape index (κ2) is 8.73. The summed E-state index contributed by atoms with van der Waals surface area (Å²) in [5.74, 6) is 0.473. The Kier molecular flexibility index (Phi) is 7.16. The van der Waals surface area contributed by atoms with Crippen molar-refractivity contribution in [3.05, 3.63) is 36.8 Å².